The van der Waals surface area contributed by atoms with Gasteiger partial charge in [0, 0.05) is 18.0 Å². The fourth-order valence-corrected chi connectivity index (χ4v) is 4.29. The normalized spacial score (nSPS) is 20.6. The largest absolute Gasteiger partial charge is 0.471 e. The van der Waals surface area contributed by atoms with Gasteiger partial charge in [0.05, 0.1) is 6.10 Å². The Balaban J connectivity index is 1.62. The summed E-state index contributed by atoms with van der Waals surface area (Å²) in [6, 6.07) is 13.8. The summed E-state index contributed by atoms with van der Waals surface area (Å²) >= 11 is 0. The van der Waals surface area contributed by atoms with E-state index >= 15 is 0 Å². The van der Waals surface area contributed by atoms with Crippen molar-refractivity contribution in [3.05, 3.63) is 60.4 Å². The van der Waals surface area contributed by atoms with E-state index in [4.69, 9.17) is 20.2 Å². The van der Waals surface area contributed by atoms with E-state index in [1.807, 2.05) is 47.0 Å². The predicted molar refractivity (Wildman–Crippen MR) is 122 cm³/mol. The third-order valence-corrected chi connectivity index (χ3v) is 5.89. The summed E-state index contributed by atoms with van der Waals surface area (Å²) in [6.45, 7) is 4.72. The Labute approximate surface area is 186 Å². The van der Waals surface area contributed by atoms with E-state index in [9.17, 15) is 0 Å². The van der Waals surface area contributed by atoms with E-state index in [0.717, 1.165) is 24.0 Å². The first-order valence-corrected chi connectivity index (χ1v) is 10.9. The van der Waals surface area contributed by atoms with Crippen molar-refractivity contribution >= 4 is 17.1 Å². The molecule has 0 saturated carbocycles. The maximum atomic E-state index is 6.41. The zero-order valence-corrected chi connectivity index (χ0v) is 18.2. The van der Waals surface area contributed by atoms with Gasteiger partial charge in [-0.25, -0.2) is 4.98 Å². The molecule has 3 atom stereocenters. The van der Waals surface area contributed by atoms with Crippen LogP contribution in [0.4, 0.5) is 5.95 Å². The number of fused-ring (bicyclic) bond motifs is 1. The van der Waals surface area contributed by atoms with Gasteiger partial charge in [0.25, 0.3) is 0 Å². The second kappa shape index (κ2) is 8.55. The van der Waals surface area contributed by atoms with Crippen LogP contribution in [0, 0.1) is 5.92 Å². The molecular formula is C24H26N6O2. The van der Waals surface area contributed by atoms with Crippen molar-refractivity contribution in [1.29, 1.82) is 0 Å². The lowest BCUT2D eigenvalue weighted by Gasteiger charge is -2.17. The Morgan fingerprint density at radius 3 is 2.69 bits per heavy atom. The van der Waals surface area contributed by atoms with Gasteiger partial charge in [-0.3, -0.25) is 9.55 Å². The van der Waals surface area contributed by atoms with E-state index in [0.29, 0.717) is 35.4 Å². The Kier molecular flexibility index (Phi) is 5.45. The van der Waals surface area contributed by atoms with Gasteiger partial charge in [0.1, 0.15) is 18.7 Å². The van der Waals surface area contributed by atoms with Crippen LogP contribution >= 0.6 is 0 Å². The first-order chi connectivity index (χ1) is 15.6. The monoisotopic (exact) mass is 430 g/mol. The van der Waals surface area contributed by atoms with Crippen LogP contribution in [-0.4, -0.2) is 30.6 Å². The number of benzene rings is 1. The Morgan fingerprint density at radius 1 is 1.12 bits per heavy atom. The van der Waals surface area contributed by atoms with Gasteiger partial charge < -0.3 is 15.2 Å². The quantitative estimate of drug-likeness (QED) is 0.484. The summed E-state index contributed by atoms with van der Waals surface area (Å²) in [4.78, 5) is 18.1. The molecule has 3 aromatic heterocycles. The molecule has 1 aromatic carbocycles. The minimum Gasteiger partial charge on any atom is -0.471 e. The van der Waals surface area contributed by atoms with Crippen LogP contribution in [0.25, 0.3) is 22.6 Å². The fraction of sp³-hybridized carbons (Fsp3) is 0.333. The average molecular weight is 431 g/mol. The third kappa shape index (κ3) is 3.78. The Bertz CT molecular complexity index is 1210. The molecule has 1 fully saturated rings. The van der Waals surface area contributed by atoms with Crippen LogP contribution in [0.3, 0.4) is 0 Å². The standard InChI is InChI=1S/C24H26N6O2/c1-3-18-15(2)12-19(32-18)30-21(17-10-7-11-26-13-17)27-20-22(30)28-24(25)29-23(20)31-14-16-8-5-4-6-9-16/h4-11,13,15,18-19H,3,12,14H2,1-2H3,(H2,25,28,29). The summed E-state index contributed by atoms with van der Waals surface area (Å²) in [5, 5.41) is 0. The van der Waals surface area contributed by atoms with Crippen molar-refractivity contribution < 1.29 is 9.47 Å². The van der Waals surface area contributed by atoms with Gasteiger partial charge in [-0.1, -0.05) is 44.2 Å². The molecule has 0 spiro atoms. The molecule has 5 rings (SSSR count). The van der Waals surface area contributed by atoms with E-state index in [1.54, 1.807) is 12.4 Å². The second-order valence-electron chi connectivity index (χ2n) is 8.13. The van der Waals surface area contributed by atoms with Gasteiger partial charge >= 0.3 is 0 Å². The molecule has 1 saturated heterocycles. The van der Waals surface area contributed by atoms with Crippen molar-refractivity contribution in [2.75, 3.05) is 5.73 Å². The molecule has 0 bridgehead atoms. The molecule has 8 nitrogen and oxygen atoms in total. The highest BCUT2D eigenvalue weighted by atomic mass is 16.5. The molecule has 4 heterocycles. The molecule has 4 aromatic rings. The number of nitrogen functional groups attached to an aromatic ring is 1. The fourth-order valence-electron chi connectivity index (χ4n) is 4.29. The molecule has 0 radical (unpaired) electrons. The van der Waals surface area contributed by atoms with E-state index in [2.05, 4.69) is 28.8 Å². The highest BCUT2D eigenvalue weighted by molar-refractivity contribution is 5.82. The smallest absolute Gasteiger partial charge is 0.247 e. The van der Waals surface area contributed by atoms with Gasteiger partial charge in [-0.05, 0) is 36.5 Å². The predicted octanol–water partition coefficient (Wildman–Crippen LogP) is 4.38. The van der Waals surface area contributed by atoms with Crippen LogP contribution in [0.15, 0.2) is 54.9 Å². The molecule has 1 aliphatic rings. The summed E-state index contributed by atoms with van der Waals surface area (Å²) in [7, 11) is 0. The molecule has 164 valence electrons. The molecular weight excluding hydrogens is 404 g/mol. The van der Waals surface area contributed by atoms with Crippen LogP contribution in [0.5, 0.6) is 5.88 Å². The zero-order chi connectivity index (χ0) is 22.1. The second-order valence-corrected chi connectivity index (χ2v) is 8.13. The van der Waals surface area contributed by atoms with E-state index < -0.39 is 0 Å². The SMILES string of the molecule is CCC1OC(n2c(-c3cccnc3)nc3c(OCc4ccccc4)nc(N)nc32)CC1C. The number of anilines is 1. The minimum absolute atomic E-state index is 0.137. The number of nitrogens with zero attached hydrogens (tertiary/aromatic N) is 5. The molecule has 0 amide bonds. The topological polar surface area (TPSA) is 101 Å². The third-order valence-electron chi connectivity index (χ3n) is 5.89. The zero-order valence-electron chi connectivity index (χ0n) is 18.2. The summed E-state index contributed by atoms with van der Waals surface area (Å²) in [6.07, 6.45) is 5.33. The summed E-state index contributed by atoms with van der Waals surface area (Å²) < 4.78 is 14.5. The van der Waals surface area contributed by atoms with Crippen LogP contribution in [-0.2, 0) is 11.3 Å². The molecule has 3 unspecified atom stereocenters. The van der Waals surface area contributed by atoms with Crippen molar-refractivity contribution in [3.8, 4) is 17.3 Å². The highest BCUT2D eigenvalue weighted by Crippen LogP contribution is 2.40. The number of imidazole rings is 1. The number of nitrogens with two attached hydrogens (primary N) is 1. The van der Waals surface area contributed by atoms with Gasteiger partial charge in [-0.2, -0.15) is 9.97 Å². The molecule has 1 aliphatic heterocycles. The lowest BCUT2D eigenvalue weighted by atomic mass is 10.0. The Morgan fingerprint density at radius 2 is 1.97 bits per heavy atom. The van der Waals surface area contributed by atoms with Crippen LogP contribution in [0.1, 0.15) is 38.5 Å². The van der Waals surface area contributed by atoms with E-state index in [1.165, 1.54) is 0 Å². The maximum absolute atomic E-state index is 6.41. The first-order valence-electron chi connectivity index (χ1n) is 10.9. The van der Waals surface area contributed by atoms with Crippen molar-refractivity contribution in [2.24, 2.45) is 5.92 Å². The van der Waals surface area contributed by atoms with Crippen molar-refractivity contribution in [2.45, 2.75) is 45.6 Å². The molecule has 32 heavy (non-hydrogen) atoms. The van der Waals surface area contributed by atoms with Crippen LogP contribution < -0.4 is 10.5 Å². The number of hydrogen-bond acceptors (Lipinski definition) is 7. The number of rotatable bonds is 6. The lowest BCUT2D eigenvalue weighted by molar-refractivity contribution is -0.00213. The maximum Gasteiger partial charge on any atom is 0.247 e. The molecule has 2 N–H and O–H groups in total. The van der Waals surface area contributed by atoms with Gasteiger partial charge in [0.15, 0.2) is 11.2 Å². The first kappa shape index (κ1) is 20.4. The number of ether oxygens (including phenoxy) is 2. The summed E-state index contributed by atoms with van der Waals surface area (Å²) in [5.41, 5.74) is 9.16. The Hall–Kier alpha value is -3.52. The number of pyridine rings is 1. The number of hydrogen-bond donors (Lipinski definition) is 1. The molecule has 8 heteroatoms. The van der Waals surface area contributed by atoms with Crippen molar-refractivity contribution in [1.82, 2.24) is 24.5 Å². The van der Waals surface area contributed by atoms with E-state index in [-0.39, 0.29) is 18.3 Å². The number of aromatic nitrogens is 5. The minimum atomic E-state index is -0.202. The highest BCUT2D eigenvalue weighted by Gasteiger charge is 2.35. The van der Waals surface area contributed by atoms with Crippen LogP contribution in [0.2, 0.25) is 0 Å². The van der Waals surface area contributed by atoms with Crippen molar-refractivity contribution in [3.63, 3.8) is 0 Å². The van der Waals surface area contributed by atoms with Gasteiger partial charge in [-0.15, -0.1) is 0 Å². The summed E-state index contributed by atoms with van der Waals surface area (Å²) in [5.74, 6) is 1.64. The van der Waals surface area contributed by atoms with Gasteiger partial charge in [0.2, 0.25) is 11.8 Å². The lowest BCUT2D eigenvalue weighted by Crippen LogP contribution is -2.14. The average Bonchev–Trinajstić information content (AvgIpc) is 3.38. The molecule has 0 aliphatic carbocycles.